The van der Waals surface area contributed by atoms with Gasteiger partial charge >= 0.3 is 5.97 Å². The van der Waals surface area contributed by atoms with Gasteiger partial charge in [0.05, 0.1) is 5.41 Å². The fraction of sp³-hybridized carbons (Fsp3) is 0.917. The van der Waals surface area contributed by atoms with Crippen molar-refractivity contribution in [2.45, 2.75) is 46.0 Å². The zero-order chi connectivity index (χ0) is 11.3. The van der Waals surface area contributed by atoms with Gasteiger partial charge < -0.3 is 10.4 Å². The third-order valence-corrected chi connectivity index (χ3v) is 3.30. The van der Waals surface area contributed by atoms with Crippen LogP contribution in [0.25, 0.3) is 0 Å². The van der Waals surface area contributed by atoms with Crippen molar-refractivity contribution >= 4 is 5.97 Å². The van der Waals surface area contributed by atoms with Gasteiger partial charge in [-0.2, -0.15) is 0 Å². The maximum Gasteiger partial charge on any atom is 0.310 e. The average molecular weight is 213 g/mol. The van der Waals surface area contributed by atoms with Crippen molar-refractivity contribution < 1.29 is 9.90 Å². The zero-order valence-corrected chi connectivity index (χ0v) is 9.88. The molecule has 1 aliphatic carbocycles. The van der Waals surface area contributed by atoms with E-state index in [1.807, 2.05) is 0 Å². The number of carbonyl (C=O) groups is 1. The third-order valence-electron chi connectivity index (χ3n) is 3.30. The van der Waals surface area contributed by atoms with Crippen molar-refractivity contribution in [3.05, 3.63) is 0 Å². The van der Waals surface area contributed by atoms with Gasteiger partial charge in [0.2, 0.25) is 0 Å². The van der Waals surface area contributed by atoms with E-state index in [-0.39, 0.29) is 0 Å². The molecule has 0 atom stereocenters. The first kappa shape index (κ1) is 12.5. The molecule has 0 aromatic carbocycles. The highest BCUT2D eigenvalue weighted by molar-refractivity contribution is 5.73. The predicted molar refractivity (Wildman–Crippen MR) is 60.9 cm³/mol. The number of hydrogen-bond donors (Lipinski definition) is 2. The molecule has 0 aromatic rings. The summed E-state index contributed by atoms with van der Waals surface area (Å²) in [6.07, 6.45) is 6.67. The first-order chi connectivity index (χ1) is 7.02. The van der Waals surface area contributed by atoms with Crippen molar-refractivity contribution in [1.29, 1.82) is 0 Å². The maximum absolute atomic E-state index is 10.9. The minimum Gasteiger partial charge on any atom is -0.481 e. The number of nitrogens with one attached hydrogen (secondary N) is 1. The second kappa shape index (κ2) is 5.50. The van der Waals surface area contributed by atoms with Crippen molar-refractivity contribution in [3.8, 4) is 0 Å². The van der Waals surface area contributed by atoms with Crippen LogP contribution in [-0.4, -0.2) is 24.2 Å². The largest absolute Gasteiger partial charge is 0.481 e. The van der Waals surface area contributed by atoms with E-state index < -0.39 is 11.4 Å². The summed E-state index contributed by atoms with van der Waals surface area (Å²) in [6.45, 7) is 5.09. The third kappa shape index (κ3) is 4.20. The van der Waals surface area contributed by atoms with Crippen molar-refractivity contribution in [3.63, 3.8) is 0 Å². The molecule has 0 amide bonds. The van der Waals surface area contributed by atoms with E-state index >= 15 is 0 Å². The average Bonchev–Trinajstić information content (AvgIpc) is 2.19. The first-order valence-corrected chi connectivity index (χ1v) is 5.96. The Morgan fingerprint density at radius 1 is 1.33 bits per heavy atom. The molecule has 3 heteroatoms. The van der Waals surface area contributed by atoms with Gasteiger partial charge in [-0.1, -0.05) is 19.3 Å². The van der Waals surface area contributed by atoms with Gasteiger partial charge in [0.15, 0.2) is 0 Å². The van der Waals surface area contributed by atoms with Crippen LogP contribution >= 0.6 is 0 Å². The Hall–Kier alpha value is -0.570. The molecular weight excluding hydrogens is 190 g/mol. The smallest absolute Gasteiger partial charge is 0.310 e. The first-order valence-electron chi connectivity index (χ1n) is 5.96. The minimum atomic E-state index is -0.723. The summed E-state index contributed by atoms with van der Waals surface area (Å²) < 4.78 is 0. The van der Waals surface area contributed by atoms with Gasteiger partial charge in [-0.15, -0.1) is 0 Å². The van der Waals surface area contributed by atoms with Gasteiger partial charge in [-0.05, 0) is 39.2 Å². The Labute approximate surface area is 92.3 Å². The molecule has 1 aliphatic rings. The highest BCUT2D eigenvalue weighted by Crippen LogP contribution is 2.23. The quantitative estimate of drug-likeness (QED) is 0.736. The standard InChI is InChI=1S/C12H23NO2/c1-12(2,11(14)15)9-13-8-10-6-4-3-5-7-10/h10,13H,3-9H2,1-2H3,(H,14,15). The Bertz CT molecular complexity index is 208. The fourth-order valence-corrected chi connectivity index (χ4v) is 2.06. The van der Waals surface area contributed by atoms with E-state index in [9.17, 15) is 4.79 Å². The minimum absolute atomic E-state index is 0.568. The molecule has 0 unspecified atom stereocenters. The van der Waals surface area contributed by atoms with E-state index in [1.54, 1.807) is 13.8 Å². The lowest BCUT2D eigenvalue weighted by molar-refractivity contribution is -0.146. The Morgan fingerprint density at radius 3 is 2.47 bits per heavy atom. The molecule has 88 valence electrons. The number of carboxylic acid groups (broad SMARTS) is 1. The maximum atomic E-state index is 10.9. The second-order valence-electron chi connectivity index (χ2n) is 5.32. The molecule has 1 saturated carbocycles. The van der Waals surface area contributed by atoms with Crippen LogP contribution < -0.4 is 5.32 Å². The summed E-state index contributed by atoms with van der Waals surface area (Å²) >= 11 is 0. The Morgan fingerprint density at radius 2 is 1.93 bits per heavy atom. The Balaban J connectivity index is 2.17. The summed E-state index contributed by atoms with van der Waals surface area (Å²) in [5.74, 6) is 0.0435. The lowest BCUT2D eigenvalue weighted by atomic mass is 9.88. The molecule has 0 saturated heterocycles. The van der Waals surface area contributed by atoms with Crippen LogP contribution in [0.15, 0.2) is 0 Å². The van der Waals surface area contributed by atoms with E-state index in [4.69, 9.17) is 5.11 Å². The van der Waals surface area contributed by atoms with E-state index in [2.05, 4.69) is 5.32 Å². The van der Waals surface area contributed by atoms with Crippen LogP contribution in [0, 0.1) is 11.3 Å². The fourth-order valence-electron chi connectivity index (χ4n) is 2.06. The van der Waals surface area contributed by atoms with Gasteiger partial charge in [-0.25, -0.2) is 0 Å². The zero-order valence-electron chi connectivity index (χ0n) is 9.88. The lowest BCUT2D eigenvalue weighted by Crippen LogP contribution is -2.38. The van der Waals surface area contributed by atoms with Gasteiger partial charge in [0.25, 0.3) is 0 Å². The van der Waals surface area contributed by atoms with Crippen LogP contribution in [0.3, 0.4) is 0 Å². The molecule has 15 heavy (non-hydrogen) atoms. The van der Waals surface area contributed by atoms with Crippen LogP contribution in [0.2, 0.25) is 0 Å². The van der Waals surface area contributed by atoms with E-state index in [0.717, 1.165) is 12.5 Å². The summed E-state index contributed by atoms with van der Waals surface area (Å²) in [5, 5.41) is 12.2. The van der Waals surface area contributed by atoms with Crippen LogP contribution in [0.1, 0.15) is 46.0 Å². The highest BCUT2D eigenvalue weighted by atomic mass is 16.4. The molecule has 0 radical (unpaired) electrons. The van der Waals surface area contributed by atoms with Gasteiger partial charge in [0.1, 0.15) is 0 Å². The van der Waals surface area contributed by atoms with Crippen LogP contribution in [-0.2, 0) is 4.79 Å². The second-order valence-corrected chi connectivity index (χ2v) is 5.32. The summed E-state index contributed by atoms with van der Waals surface area (Å²) in [7, 11) is 0. The molecule has 1 rings (SSSR count). The van der Waals surface area contributed by atoms with Crippen LogP contribution in [0.4, 0.5) is 0 Å². The van der Waals surface area contributed by atoms with Crippen LogP contribution in [0.5, 0.6) is 0 Å². The normalized spacial score (nSPS) is 19.1. The van der Waals surface area contributed by atoms with Gasteiger partial charge in [0, 0.05) is 6.54 Å². The summed E-state index contributed by atoms with van der Waals surface area (Å²) in [6, 6.07) is 0. The number of hydrogen-bond acceptors (Lipinski definition) is 2. The molecule has 0 aliphatic heterocycles. The molecule has 0 heterocycles. The van der Waals surface area contributed by atoms with E-state index in [0.29, 0.717) is 6.54 Å². The molecular formula is C12H23NO2. The summed E-state index contributed by atoms with van der Waals surface area (Å²) in [4.78, 5) is 10.9. The summed E-state index contributed by atoms with van der Waals surface area (Å²) in [5.41, 5.74) is -0.644. The van der Waals surface area contributed by atoms with Crippen molar-refractivity contribution in [1.82, 2.24) is 5.32 Å². The highest BCUT2D eigenvalue weighted by Gasteiger charge is 2.26. The molecule has 3 nitrogen and oxygen atoms in total. The monoisotopic (exact) mass is 213 g/mol. The number of aliphatic carboxylic acids is 1. The molecule has 1 fully saturated rings. The molecule has 2 N–H and O–H groups in total. The van der Waals surface area contributed by atoms with Crippen molar-refractivity contribution in [2.24, 2.45) is 11.3 Å². The number of rotatable bonds is 5. The molecule has 0 aromatic heterocycles. The SMILES string of the molecule is CC(C)(CNCC1CCCCC1)C(=O)O. The predicted octanol–water partition coefficient (Wildman–Crippen LogP) is 2.27. The van der Waals surface area contributed by atoms with E-state index in [1.165, 1.54) is 32.1 Å². The Kier molecular flexibility index (Phi) is 4.58. The number of carboxylic acids is 1. The lowest BCUT2D eigenvalue weighted by Gasteiger charge is -2.25. The van der Waals surface area contributed by atoms with Crippen molar-refractivity contribution in [2.75, 3.05) is 13.1 Å². The topological polar surface area (TPSA) is 49.3 Å². The molecule has 0 spiro atoms. The molecule has 0 bridgehead atoms. The van der Waals surface area contributed by atoms with Gasteiger partial charge in [-0.3, -0.25) is 4.79 Å².